The molecule has 0 amide bonds. The molecule has 0 unspecified atom stereocenters. The predicted molar refractivity (Wildman–Crippen MR) is 90.2 cm³/mol. The fourth-order valence-electron chi connectivity index (χ4n) is 1.97. The van der Waals surface area contributed by atoms with Gasteiger partial charge in [-0.25, -0.2) is 4.98 Å². The molecule has 5 nitrogen and oxygen atoms in total. The standard InChI is InChI=1S/C16H16N4OS/c17-16-19-13(14-7-4-10-22-14)11-15(20-16)18-8-9-21-12-5-2-1-3-6-12/h1-7,10-11H,8-9H2,(H3,17,18,19,20). The van der Waals surface area contributed by atoms with E-state index in [0.29, 0.717) is 19.0 Å². The Labute approximate surface area is 132 Å². The average Bonchev–Trinajstić information content (AvgIpc) is 3.07. The van der Waals surface area contributed by atoms with Gasteiger partial charge in [-0.2, -0.15) is 4.98 Å². The van der Waals surface area contributed by atoms with Gasteiger partial charge in [0.15, 0.2) is 0 Å². The molecule has 0 aliphatic rings. The summed E-state index contributed by atoms with van der Waals surface area (Å²) in [6.07, 6.45) is 0. The summed E-state index contributed by atoms with van der Waals surface area (Å²) in [6.45, 7) is 1.18. The molecule has 0 saturated carbocycles. The Bertz CT molecular complexity index is 716. The van der Waals surface area contributed by atoms with E-state index in [-0.39, 0.29) is 5.95 Å². The second-order valence-electron chi connectivity index (χ2n) is 4.56. The van der Waals surface area contributed by atoms with Crippen molar-refractivity contribution in [2.24, 2.45) is 0 Å². The highest BCUT2D eigenvalue weighted by molar-refractivity contribution is 7.13. The molecule has 0 bridgehead atoms. The quantitative estimate of drug-likeness (QED) is 0.683. The number of hydrogen-bond donors (Lipinski definition) is 2. The summed E-state index contributed by atoms with van der Waals surface area (Å²) in [5.41, 5.74) is 6.60. The van der Waals surface area contributed by atoms with Crippen LogP contribution in [0.5, 0.6) is 5.75 Å². The van der Waals surface area contributed by atoms with E-state index in [9.17, 15) is 0 Å². The highest BCUT2D eigenvalue weighted by Gasteiger charge is 2.05. The Kier molecular flexibility index (Phi) is 4.50. The number of benzene rings is 1. The lowest BCUT2D eigenvalue weighted by Crippen LogP contribution is -2.13. The zero-order valence-corrected chi connectivity index (χ0v) is 12.7. The number of hydrogen-bond acceptors (Lipinski definition) is 6. The smallest absolute Gasteiger partial charge is 0.222 e. The van der Waals surface area contributed by atoms with Crippen LogP contribution in [0.4, 0.5) is 11.8 Å². The summed E-state index contributed by atoms with van der Waals surface area (Å²) >= 11 is 1.62. The van der Waals surface area contributed by atoms with Gasteiger partial charge in [0, 0.05) is 6.07 Å². The molecule has 0 fully saturated rings. The molecule has 0 radical (unpaired) electrons. The Morgan fingerprint density at radius 2 is 1.95 bits per heavy atom. The number of nitrogens with zero attached hydrogens (tertiary/aromatic N) is 2. The number of aromatic nitrogens is 2. The molecular weight excluding hydrogens is 296 g/mol. The normalized spacial score (nSPS) is 10.4. The van der Waals surface area contributed by atoms with Gasteiger partial charge in [-0.3, -0.25) is 0 Å². The first-order valence-corrected chi connectivity index (χ1v) is 7.79. The van der Waals surface area contributed by atoms with Crippen LogP contribution in [-0.4, -0.2) is 23.1 Å². The van der Waals surface area contributed by atoms with Crippen molar-refractivity contribution in [2.75, 3.05) is 24.2 Å². The van der Waals surface area contributed by atoms with Gasteiger partial charge in [0.2, 0.25) is 5.95 Å². The summed E-state index contributed by atoms with van der Waals surface area (Å²) in [4.78, 5) is 9.52. The zero-order valence-electron chi connectivity index (χ0n) is 11.9. The van der Waals surface area contributed by atoms with Gasteiger partial charge < -0.3 is 15.8 Å². The van der Waals surface area contributed by atoms with E-state index in [1.165, 1.54) is 0 Å². The minimum absolute atomic E-state index is 0.261. The molecule has 3 rings (SSSR count). The van der Waals surface area contributed by atoms with Gasteiger partial charge in [0.25, 0.3) is 0 Å². The van der Waals surface area contributed by atoms with E-state index in [1.807, 2.05) is 53.9 Å². The Morgan fingerprint density at radius 3 is 2.73 bits per heavy atom. The largest absolute Gasteiger partial charge is 0.492 e. The van der Waals surface area contributed by atoms with Crippen LogP contribution in [-0.2, 0) is 0 Å². The maximum atomic E-state index is 5.77. The first kappa shape index (κ1) is 14.3. The molecule has 22 heavy (non-hydrogen) atoms. The molecule has 3 N–H and O–H groups in total. The van der Waals surface area contributed by atoms with Crippen LogP contribution in [0.15, 0.2) is 53.9 Å². The Hall–Kier alpha value is -2.60. The summed E-state index contributed by atoms with van der Waals surface area (Å²) in [7, 11) is 0. The first-order chi connectivity index (χ1) is 10.8. The van der Waals surface area contributed by atoms with Crippen molar-refractivity contribution in [3.8, 4) is 16.3 Å². The van der Waals surface area contributed by atoms with Crippen molar-refractivity contribution in [3.05, 3.63) is 53.9 Å². The summed E-state index contributed by atoms with van der Waals surface area (Å²) < 4.78 is 5.63. The van der Waals surface area contributed by atoms with Crippen molar-refractivity contribution in [1.29, 1.82) is 0 Å². The maximum Gasteiger partial charge on any atom is 0.222 e. The number of para-hydroxylation sites is 1. The predicted octanol–water partition coefficient (Wildman–Crippen LogP) is 3.28. The number of anilines is 2. The number of nitrogens with two attached hydrogens (primary N) is 1. The van der Waals surface area contributed by atoms with E-state index >= 15 is 0 Å². The summed E-state index contributed by atoms with van der Waals surface area (Å²) in [6, 6.07) is 15.6. The third kappa shape index (κ3) is 3.73. The fraction of sp³-hybridized carbons (Fsp3) is 0.125. The van der Waals surface area contributed by atoms with Gasteiger partial charge >= 0.3 is 0 Å². The topological polar surface area (TPSA) is 73.1 Å². The van der Waals surface area contributed by atoms with Crippen LogP contribution in [0.1, 0.15) is 0 Å². The van der Waals surface area contributed by atoms with E-state index in [1.54, 1.807) is 11.3 Å². The molecule has 0 spiro atoms. The summed E-state index contributed by atoms with van der Waals surface area (Å²) in [5.74, 6) is 1.82. The molecule has 0 saturated heterocycles. The number of rotatable bonds is 6. The second kappa shape index (κ2) is 6.91. The van der Waals surface area contributed by atoms with Crippen LogP contribution < -0.4 is 15.8 Å². The van der Waals surface area contributed by atoms with Crippen LogP contribution >= 0.6 is 11.3 Å². The molecule has 3 aromatic rings. The third-order valence-electron chi connectivity index (χ3n) is 2.94. The van der Waals surface area contributed by atoms with Crippen LogP contribution in [0, 0.1) is 0 Å². The van der Waals surface area contributed by atoms with Crippen molar-refractivity contribution < 1.29 is 4.74 Å². The van der Waals surface area contributed by atoms with Gasteiger partial charge in [0.1, 0.15) is 18.2 Å². The number of ether oxygens (including phenoxy) is 1. The van der Waals surface area contributed by atoms with E-state index in [2.05, 4.69) is 15.3 Å². The van der Waals surface area contributed by atoms with Crippen molar-refractivity contribution >= 4 is 23.1 Å². The van der Waals surface area contributed by atoms with Crippen LogP contribution in [0.2, 0.25) is 0 Å². The monoisotopic (exact) mass is 312 g/mol. The summed E-state index contributed by atoms with van der Waals surface area (Å²) in [5, 5.41) is 5.21. The van der Waals surface area contributed by atoms with Crippen LogP contribution in [0.25, 0.3) is 10.6 Å². The van der Waals surface area contributed by atoms with Crippen molar-refractivity contribution in [2.45, 2.75) is 0 Å². The first-order valence-electron chi connectivity index (χ1n) is 6.91. The minimum atomic E-state index is 0.261. The highest BCUT2D eigenvalue weighted by Crippen LogP contribution is 2.24. The van der Waals surface area contributed by atoms with Crippen molar-refractivity contribution in [1.82, 2.24) is 9.97 Å². The Morgan fingerprint density at radius 1 is 1.09 bits per heavy atom. The molecule has 0 aliphatic heterocycles. The minimum Gasteiger partial charge on any atom is -0.492 e. The lowest BCUT2D eigenvalue weighted by molar-refractivity contribution is 0.333. The Balaban J connectivity index is 1.58. The second-order valence-corrected chi connectivity index (χ2v) is 5.51. The zero-order chi connectivity index (χ0) is 15.2. The molecular formula is C16H16N4OS. The van der Waals surface area contributed by atoms with E-state index in [4.69, 9.17) is 10.5 Å². The molecule has 1 aromatic carbocycles. The maximum absolute atomic E-state index is 5.77. The van der Waals surface area contributed by atoms with Crippen molar-refractivity contribution in [3.63, 3.8) is 0 Å². The van der Waals surface area contributed by atoms with Crippen LogP contribution in [0.3, 0.4) is 0 Å². The molecule has 2 heterocycles. The van der Waals surface area contributed by atoms with Gasteiger partial charge in [-0.05, 0) is 23.6 Å². The average molecular weight is 312 g/mol. The van der Waals surface area contributed by atoms with Gasteiger partial charge in [0.05, 0.1) is 17.1 Å². The number of nitrogens with one attached hydrogen (secondary N) is 1. The number of thiophene rings is 1. The molecule has 0 aliphatic carbocycles. The van der Waals surface area contributed by atoms with Gasteiger partial charge in [-0.15, -0.1) is 11.3 Å². The van der Waals surface area contributed by atoms with E-state index in [0.717, 1.165) is 16.3 Å². The number of nitrogen functional groups attached to an aromatic ring is 1. The van der Waals surface area contributed by atoms with E-state index < -0.39 is 0 Å². The molecule has 112 valence electrons. The van der Waals surface area contributed by atoms with Gasteiger partial charge in [-0.1, -0.05) is 24.3 Å². The fourth-order valence-corrected chi connectivity index (χ4v) is 2.66. The molecule has 0 atom stereocenters. The highest BCUT2D eigenvalue weighted by atomic mass is 32.1. The lowest BCUT2D eigenvalue weighted by atomic mass is 10.3. The third-order valence-corrected chi connectivity index (χ3v) is 3.83. The molecule has 6 heteroatoms. The molecule has 2 aromatic heterocycles. The SMILES string of the molecule is Nc1nc(NCCOc2ccccc2)cc(-c2cccs2)n1. The lowest BCUT2D eigenvalue weighted by Gasteiger charge is -2.09.